The number of hydrogen-bond donors (Lipinski definition) is 0. The molecule has 0 atom stereocenters. The van der Waals surface area contributed by atoms with Crippen molar-refractivity contribution in [2.24, 2.45) is 0 Å². The molecule has 0 spiro atoms. The van der Waals surface area contributed by atoms with Gasteiger partial charge in [-0.1, -0.05) is 0 Å². The summed E-state index contributed by atoms with van der Waals surface area (Å²) < 4.78 is 77.3. The van der Waals surface area contributed by atoms with Crippen molar-refractivity contribution in [2.75, 3.05) is 26.8 Å². The maximum atomic E-state index is 12.7. The van der Waals surface area contributed by atoms with Crippen molar-refractivity contribution in [3.05, 3.63) is 30.1 Å². The first-order valence-corrected chi connectivity index (χ1v) is 6.93. The number of halogens is 4. The number of likely N-dealkylation sites (N-methyl/N-ethyl adjacent to an activating group) is 1. The quantitative estimate of drug-likeness (QED) is 0.596. The van der Waals surface area contributed by atoms with E-state index in [0.29, 0.717) is 0 Å². The zero-order chi connectivity index (χ0) is 15.4. The van der Waals surface area contributed by atoms with E-state index in [1.54, 1.807) is 0 Å². The van der Waals surface area contributed by atoms with Crippen molar-refractivity contribution >= 4 is 10.0 Å². The van der Waals surface area contributed by atoms with Gasteiger partial charge in [-0.15, -0.1) is 0 Å². The van der Waals surface area contributed by atoms with Crippen molar-refractivity contribution in [2.45, 2.75) is 11.1 Å². The smallest absolute Gasteiger partial charge is 0.371 e. The highest BCUT2D eigenvalue weighted by atomic mass is 32.2. The van der Waals surface area contributed by atoms with E-state index in [2.05, 4.69) is 4.74 Å². The topological polar surface area (TPSA) is 46.6 Å². The summed E-state index contributed by atoms with van der Waals surface area (Å²) in [5.41, 5.74) is 0. The Morgan fingerprint density at radius 2 is 1.75 bits per heavy atom. The SMILES string of the molecule is CN(CCOCC(F)(F)F)S(=O)(=O)c1ccc(F)cc1. The van der Waals surface area contributed by atoms with Gasteiger partial charge >= 0.3 is 6.18 Å². The van der Waals surface area contributed by atoms with Crippen LogP contribution in [0, 0.1) is 5.82 Å². The summed E-state index contributed by atoms with van der Waals surface area (Å²) in [6.07, 6.45) is -4.45. The number of alkyl halides is 3. The molecule has 1 aromatic carbocycles. The van der Waals surface area contributed by atoms with Gasteiger partial charge in [0, 0.05) is 13.6 Å². The number of hydrogen-bond acceptors (Lipinski definition) is 3. The van der Waals surface area contributed by atoms with Gasteiger partial charge in [0.2, 0.25) is 10.0 Å². The lowest BCUT2D eigenvalue weighted by atomic mass is 10.4. The minimum atomic E-state index is -4.45. The van der Waals surface area contributed by atoms with Gasteiger partial charge in [-0.05, 0) is 24.3 Å². The molecular weight excluding hydrogens is 302 g/mol. The molecular formula is C11H13F4NO3S. The molecule has 0 aliphatic heterocycles. The van der Waals surface area contributed by atoms with E-state index in [1.807, 2.05) is 0 Å². The average molecular weight is 315 g/mol. The fourth-order valence-electron chi connectivity index (χ4n) is 1.29. The van der Waals surface area contributed by atoms with E-state index in [0.717, 1.165) is 28.6 Å². The lowest BCUT2D eigenvalue weighted by Gasteiger charge is -2.17. The summed E-state index contributed by atoms with van der Waals surface area (Å²) in [4.78, 5) is -0.141. The Bertz CT molecular complexity index is 528. The molecule has 0 unspecified atom stereocenters. The third-order valence-electron chi connectivity index (χ3n) is 2.34. The van der Waals surface area contributed by atoms with Crippen molar-refractivity contribution in [1.29, 1.82) is 0 Å². The molecule has 0 aromatic heterocycles. The van der Waals surface area contributed by atoms with Crippen LogP contribution >= 0.6 is 0 Å². The van der Waals surface area contributed by atoms with Crippen LogP contribution in [0.25, 0.3) is 0 Å². The fourth-order valence-corrected chi connectivity index (χ4v) is 2.44. The summed E-state index contributed by atoms with van der Waals surface area (Å²) in [7, 11) is -2.66. The van der Waals surface area contributed by atoms with Gasteiger partial charge in [0.15, 0.2) is 0 Å². The van der Waals surface area contributed by atoms with Crippen LogP contribution in [-0.4, -0.2) is 45.7 Å². The molecule has 0 aliphatic carbocycles. The van der Waals surface area contributed by atoms with Gasteiger partial charge in [0.25, 0.3) is 0 Å². The lowest BCUT2D eigenvalue weighted by Crippen LogP contribution is -2.31. The van der Waals surface area contributed by atoms with E-state index in [-0.39, 0.29) is 11.4 Å². The van der Waals surface area contributed by atoms with E-state index < -0.39 is 35.2 Å². The van der Waals surface area contributed by atoms with Crippen LogP contribution in [0.1, 0.15) is 0 Å². The first-order chi connectivity index (χ1) is 9.13. The summed E-state index contributed by atoms with van der Waals surface area (Å²) >= 11 is 0. The first-order valence-electron chi connectivity index (χ1n) is 5.49. The Kier molecular flexibility index (Phi) is 5.49. The standard InChI is InChI=1S/C11H13F4NO3S/c1-16(6-7-19-8-11(13,14)15)20(17,18)10-4-2-9(12)3-5-10/h2-5H,6-8H2,1H3. The van der Waals surface area contributed by atoms with Gasteiger partial charge in [0.1, 0.15) is 12.4 Å². The highest BCUT2D eigenvalue weighted by molar-refractivity contribution is 7.89. The summed E-state index contributed by atoms with van der Waals surface area (Å²) in [5.74, 6) is -0.583. The van der Waals surface area contributed by atoms with Gasteiger partial charge in [-0.25, -0.2) is 12.8 Å². The Balaban J connectivity index is 2.57. The number of sulfonamides is 1. The highest BCUT2D eigenvalue weighted by Gasteiger charge is 2.27. The minimum absolute atomic E-state index is 0.141. The third kappa shape index (κ3) is 5.06. The maximum Gasteiger partial charge on any atom is 0.411 e. The maximum absolute atomic E-state index is 12.7. The van der Waals surface area contributed by atoms with Crippen LogP contribution in [0.4, 0.5) is 17.6 Å². The van der Waals surface area contributed by atoms with E-state index in [9.17, 15) is 26.0 Å². The summed E-state index contributed by atoms with van der Waals surface area (Å²) in [6, 6.07) is 4.14. The molecule has 0 radical (unpaired) electrons. The van der Waals surface area contributed by atoms with Gasteiger partial charge in [0.05, 0.1) is 11.5 Å². The molecule has 0 fully saturated rings. The largest absolute Gasteiger partial charge is 0.411 e. The Hall–Kier alpha value is -1.19. The second-order valence-electron chi connectivity index (χ2n) is 3.95. The van der Waals surface area contributed by atoms with Crippen LogP contribution in [0.5, 0.6) is 0 Å². The summed E-state index contributed by atoms with van der Waals surface area (Å²) in [5, 5.41) is 0. The van der Waals surface area contributed by atoms with Crippen LogP contribution in [-0.2, 0) is 14.8 Å². The molecule has 0 saturated carbocycles. The van der Waals surface area contributed by atoms with Crippen molar-refractivity contribution in [1.82, 2.24) is 4.31 Å². The molecule has 20 heavy (non-hydrogen) atoms. The Morgan fingerprint density at radius 1 is 1.20 bits per heavy atom. The van der Waals surface area contributed by atoms with Crippen molar-refractivity contribution in [3.63, 3.8) is 0 Å². The third-order valence-corrected chi connectivity index (χ3v) is 4.21. The zero-order valence-corrected chi connectivity index (χ0v) is 11.3. The van der Waals surface area contributed by atoms with Gasteiger partial charge < -0.3 is 4.74 Å². The van der Waals surface area contributed by atoms with Crippen LogP contribution < -0.4 is 0 Å². The average Bonchev–Trinajstić information content (AvgIpc) is 2.33. The Labute approximate surface area is 114 Å². The number of nitrogens with zero attached hydrogens (tertiary/aromatic N) is 1. The second kappa shape index (κ2) is 6.51. The molecule has 0 N–H and O–H groups in total. The van der Waals surface area contributed by atoms with Crippen molar-refractivity contribution < 1.29 is 30.7 Å². The predicted molar refractivity (Wildman–Crippen MR) is 63.1 cm³/mol. The monoisotopic (exact) mass is 315 g/mol. The van der Waals surface area contributed by atoms with Crippen LogP contribution in [0.2, 0.25) is 0 Å². The molecule has 9 heteroatoms. The normalized spacial score (nSPS) is 12.9. The molecule has 1 rings (SSSR count). The van der Waals surface area contributed by atoms with E-state index in [4.69, 9.17) is 0 Å². The lowest BCUT2D eigenvalue weighted by molar-refractivity contribution is -0.173. The molecule has 0 bridgehead atoms. The van der Waals surface area contributed by atoms with Gasteiger partial charge in [-0.3, -0.25) is 0 Å². The molecule has 4 nitrogen and oxygen atoms in total. The van der Waals surface area contributed by atoms with Gasteiger partial charge in [-0.2, -0.15) is 17.5 Å². The van der Waals surface area contributed by atoms with E-state index in [1.165, 1.54) is 7.05 Å². The highest BCUT2D eigenvalue weighted by Crippen LogP contribution is 2.16. The Morgan fingerprint density at radius 3 is 2.25 bits per heavy atom. The molecule has 1 aromatic rings. The molecule has 0 aliphatic rings. The number of benzene rings is 1. The molecule has 114 valence electrons. The molecule has 0 amide bonds. The van der Waals surface area contributed by atoms with Crippen LogP contribution in [0.3, 0.4) is 0 Å². The first kappa shape index (κ1) is 16.9. The molecule has 0 saturated heterocycles. The fraction of sp³-hybridized carbons (Fsp3) is 0.455. The second-order valence-corrected chi connectivity index (χ2v) is 5.99. The van der Waals surface area contributed by atoms with Crippen molar-refractivity contribution in [3.8, 4) is 0 Å². The summed E-state index contributed by atoms with van der Waals surface area (Å²) in [6.45, 7) is -2.07. The minimum Gasteiger partial charge on any atom is -0.371 e. The molecule has 0 heterocycles. The zero-order valence-electron chi connectivity index (χ0n) is 10.5. The van der Waals surface area contributed by atoms with Crippen LogP contribution in [0.15, 0.2) is 29.2 Å². The van der Waals surface area contributed by atoms with E-state index >= 15 is 0 Å². The number of rotatable bonds is 6. The predicted octanol–water partition coefficient (Wildman–Crippen LogP) is 2.03. The number of ether oxygens (including phenoxy) is 1.